The fourth-order valence-electron chi connectivity index (χ4n) is 1.75. The summed E-state index contributed by atoms with van der Waals surface area (Å²) >= 11 is 1.67. The van der Waals surface area contributed by atoms with Crippen LogP contribution in [0.2, 0.25) is 0 Å². The van der Waals surface area contributed by atoms with Gasteiger partial charge in [-0.1, -0.05) is 13.3 Å². The van der Waals surface area contributed by atoms with Crippen LogP contribution in [0.25, 0.3) is 0 Å². The molecule has 1 saturated carbocycles. The molecule has 0 aliphatic heterocycles. The van der Waals surface area contributed by atoms with Gasteiger partial charge in [-0.25, -0.2) is 4.98 Å². The van der Waals surface area contributed by atoms with Crippen LogP contribution in [0.3, 0.4) is 0 Å². The molecule has 0 amide bonds. The highest BCUT2D eigenvalue weighted by molar-refractivity contribution is 7.07. The molecule has 2 unspecified atom stereocenters. The standard InChI is InChI=1S/C10H16N2S.ClH/c1-2-3-8-4-10(8)11-5-9-6-13-7-12-9;/h6-8,10-11H,2-5H2,1H3;1H. The van der Waals surface area contributed by atoms with E-state index in [1.807, 2.05) is 5.51 Å². The summed E-state index contributed by atoms with van der Waals surface area (Å²) in [7, 11) is 0. The lowest BCUT2D eigenvalue weighted by molar-refractivity contribution is 0.595. The van der Waals surface area contributed by atoms with Gasteiger partial charge in [0.2, 0.25) is 0 Å². The lowest BCUT2D eigenvalue weighted by atomic mass is 10.2. The molecule has 14 heavy (non-hydrogen) atoms. The number of hydrogen-bond donors (Lipinski definition) is 1. The first-order chi connectivity index (χ1) is 6.40. The molecule has 1 aliphatic rings. The zero-order valence-electron chi connectivity index (χ0n) is 8.40. The Kier molecular flexibility index (Phi) is 4.85. The maximum Gasteiger partial charge on any atom is 0.0795 e. The molecule has 0 radical (unpaired) electrons. The molecule has 2 rings (SSSR count). The van der Waals surface area contributed by atoms with Crippen molar-refractivity contribution in [2.75, 3.05) is 0 Å². The van der Waals surface area contributed by atoms with Crippen molar-refractivity contribution >= 4 is 23.7 Å². The molecule has 0 saturated heterocycles. The van der Waals surface area contributed by atoms with Crippen LogP contribution >= 0.6 is 23.7 Å². The van der Waals surface area contributed by atoms with E-state index in [1.54, 1.807) is 11.3 Å². The molecule has 80 valence electrons. The minimum atomic E-state index is 0. The van der Waals surface area contributed by atoms with Gasteiger partial charge in [0, 0.05) is 18.0 Å². The predicted octanol–water partition coefficient (Wildman–Crippen LogP) is 2.84. The Morgan fingerprint density at radius 3 is 3.14 bits per heavy atom. The van der Waals surface area contributed by atoms with E-state index in [9.17, 15) is 0 Å². The highest BCUT2D eigenvalue weighted by atomic mass is 35.5. The zero-order valence-corrected chi connectivity index (χ0v) is 10.0. The Labute approximate surface area is 95.5 Å². The van der Waals surface area contributed by atoms with Crippen molar-refractivity contribution in [2.24, 2.45) is 5.92 Å². The first-order valence-electron chi connectivity index (χ1n) is 5.00. The van der Waals surface area contributed by atoms with Gasteiger partial charge in [-0.15, -0.1) is 23.7 Å². The molecule has 2 atom stereocenters. The summed E-state index contributed by atoms with van der Waals surface area (Å²) < 4.78 is 0. The van der Waals surface area contributed by atoms with Crippen LogP contribution in [0.1, 0.15) is 31.9 Å². The van der Waals surface area contributed by atoms with Gasteiger partial charge >= 0.3 is 0 Å². The molecule has 1 heterocycles. The molecule has 1 fully saturated rings. The first kappa shape index (κ1) is 12.0. The highest BCUT2D eigenvalue weighted by Crippen LogP contribution is 2.34. The lowest BCUT2D eigenvalue weighted by Crippen LogP contribution is -2.17. The molecule has 2 nitrogen and oxygen atoms in total. The van der Waals surface area contributed by atoms with Crippen molar-refractivity contribution in [2.45, 2.75) is 38.8 Å². The van der Waals surface area contributed by atoms with Gasteiger partial charge < -0.3 is 5.32 Å². The number of nitrogens with one attached hydrogen (secondary N) is 1. The summed E-state index contributed by atoms with van der Waals surface area (Å²) in [5.74, 6) is 0.948. The average Bonchev–Trinajstić information content (AvgIpc) is 2.66. The van der Waals surface area contributed by atoms with E-state index in [1.165, 1.54) is 25.0 Å². The van der Waals surface area contributed by atoms with Crippen molar-refractivity contribution in [3.8, 4) is 0 Å². The number of hydrogen-bond acceptors (Lipinski definition) is 3. The minimum absolute atomic E-state index is 0. The third-order valence-electron chi connectivity index (χ3n) is 2.61. The van der Waals surface area contributed by atoms with Crippen molar-refractivity contribution in [1.29, 1.82) is 0 Å². The molecule has 0 bridgehead atoms. The van der Waals surface area contributed by atoms with E-state index in [0.717, 1.165) is 18.5 Å². The van der Waals surface area contributed by atoms with Crippen LogP contribution in [0.15, 0.2) is 10.9 Å². The zero-order chi connectivity index (χ0) is 9.10. The van der Waals surface area contributed by atoms with Crippen molar-refractivity contribution < 1.29 is 0 Å². The van der Waals surface area contributed by atoms with E-state index >= 15 is 0 Å². The summed E-state index contributed by atoms with van der Waals surface area (Å²) in [5.41, 5.74) is 3.08. The van der Waals surface area contributed by atoms with Gasteiger partial charge in [0.05, 0.1) is 11.2 Å². The summed E-state index contributed by atoms with van der Waals surface area (Å²) in [6, 6.07) is 0.779. The average molecular weight is 233 g/mol. The molecule has 1 aromatic rings. The second-order valence-electron chi connectivity index (χ2n) is 3.75. The molecule has 1 aliphatic carbocycles. The Morgan fingerprint density at radius 2 is 2.50 bits per heavy atom. The van der Waals surface area contributed by atoms with E-state index in [-0.39, 0.29) is 12.4 Å². The fourth-order valence-corrected chi connectivity index (χ4v) is 2.31. The molecule has 0 spiro atoms. The van der Waals surface area contributed by atoms with Gasteiger partial charge in [-0.05, 0) is 18.8 Å². The fraction of sp³-hybridized carbons (Fsp3) is 0.700. The molecular formula is C10H17ClN2S. The summed E-state index contributed by atoms with van der Waals surface area (Å²) in [5, 5.41) is 5.65. The topological polar surface area (TPSA) is 24.9 Å². The summed E-state index contributed by atoms with van der Waals surface area (Å²) in [4.78, 5) is 4.24. The van der Waals surface area contributed by atoms with Crippen LogP contribution in [-0.2, 0) is 6.54 Å². The van der Waals surface area contributed by atoms with E-state index < -0.39 is 0 Å². The third-order valence-corrected chi connectivity index (χ3v) is 3.25. The quantitative estimate of drug-likeness (QED) is 0.845. The van der Waals surface area contributed by atoms with Gasteiger partial charge in [-0.2, -0.15) is 0 Å². The minimum Gasteiger partial charge on any atom is -0.308 e. The molecular weight excluding hydrogens is 216 g/mol. The number of thiazole rings is 1. The summed E-state index contributed by atoms with van der Waals surface area (Å²) in [6.07, 6.45) is 4.08. The number of aromatic nitrogens is 1. The maximum atomic E-state index is 4.24. The van der Waals surface area contributed by atoms with Crippen LogP contribution in [0.4, 0.5) is 0 Å². The maximum absolute atomic E-state index is 4.24. The van der Waals surface area contributed by atoms with E-state index in [2.05, 4.69) is 22.6 Å². The second-order valence-corrected chi connectivity index (χ2v) is 4.47. The number of nitrogens with zero attached hydrogens (tertiary/aromatic N) is 1. The Bertz CT molecular complexity index is 251. The Morgan fingerprint density at radius 1 is 1.64 bits per heavy atom. The normalized spacial score (nSPS) is 24.4. The third kappa shape index (κ3) is 3.23. The molecule has 4 heteroatoms. The van der Waals surface area contributed by atoms with Crippen LogP contribution < -0.4 is 5.32 Å². The highest BCUT2D eigenvalue weighted by Gasteiger charge is 2.35. The predicted molar refractivity (Wildman–Crippen MR) is 63.0 cm³/mol. The van der Waals surface area contributed by atoms with Crippen molar-refractivity contribution in [1.82, 2.24) is 10.3 Å². The Balaban J connectivity index is 0.000000980. The smallest absolute Gasteiger partial charge is 0.0795 e. The van der Waals surface area contributed by atoms with Gasteiger partial charge in [-0.3, -0.25) is 0 Å². The SMILES string of the molecule is CCCC1CC1NCc1cscn1.Cl. The lowest BCUT2D eigenvalue weighted by Gasteiger charge is -2.00. The summed E-state index contributed by atoms with van der Waals surface area (Å²) in [6.45, 7) is 3.21. The Hall–Kier alpha value is -0.120. The largest absolute Gasteiger partial charge is 0.308 e. The first-order valence-corrected chi connectivity index (χ1v) is 5.95. The van der Waals surface area contributed by atoms with Crippen LogP contribution in [-0.4, -0.2) is 11.0 Å². The monoisotopic (exact) mass is 232 g/mol. The van der Waals surface area contributed by atoms with Gasteiger partial charge in [0.1, 0.15) is 0 Å². The van der Waals surface area contributed by atoms with Gasteiger partial charge in [0.25, 0.3) is 0 Å². The van der Waals surface area contributed by atoms with Crippen LogP contribution in [0, 0.1) is 5.92 Å². The van der Waals surface area contributed by atoms with Crippen molar-refractivity contribution in [3.05, 3.63) is 16.6 Å². The van der Waals surface area contributed by atoms with Gasteiger partial charge in [0.15, 0.2) is 0 Å². The number of halogens is 1. The second kappa shape index (κ2) is 5.69. The van der Waals surface area contributed by atoms with Crippen molar-refractivity contribution in [3.63, 3.8) is 0 Å². The van der Waals surface area contributed by atoms with E-state index in [4.69, 9.17) is 0 Å². The van der Waals surface area contributed by atoms with E-state index in [0.29, 0.717) is 0 Å². The molecule has 1 aromatic heterocycles. The number of rotatable bonds is 5. The molecule has 0 aromatic carbocycles. The molecule has 1 N–H and O–H groups in total. The van der Waals surface area contributed by atoms with Crippen LogP contribution in [0.5, 0.6) is 0 Å².